The van der Waals surface area contributed by atoms with Crippen molar-refractivity contribution in [1.29, 1.82) is 0 Å². The van der Waals surface area contributed by atoms with Crippen molar-refractivity contribution in [3.05, 3.63) is 65.7 Å². The Morgan fingerprint density at radius 1 is 1.00 bits per heavy atom. The zero-order chi connectivity index (χ0) is 14.7. The second-order valence-corrected chi connectivity index (χ2v) is 5.15. The van der Waals surface area contributed by atoms with Gasteiger partial charge in [0, 0.05) is 11.3 Å². The van der Waals surface area contributed by atoms with Crippen LogP contribution in [-0.2, 0) is 5.75 Å². The Hall–Kier alpha value is -2.28. The number of para-hydroxylation sites is 1. The van der Waals surface area contributed by atoms with Crippen LogP contribution >= 0.6 is 11.8 Å². The van der Waals surface area contributed by atoms with Gasteiger partial charge in [-0.25, -0.2) is 8.78 Å². The van der Waals surface area contributed by atoms with E-state index in [1.165, 1.54) is 17.8 Å². The number of benzene rings is 2. The third-order valence-corrected chi connectivity index (χ3v) is 3.80. The van der Waals surface area contributed by atoms with Gasteiger partial charge in [-0.1, -0.05) is 42.1 Å². The highest BCUT2D eigenvalue weighted by atomic mass is 32.2. The van der Waals surface area contributed by atoms with Gasteiger partial charge in [-0.15, -0.1) is 5.10 Å². The van der Waals surface area contributed by atoms with Gasteiger partial charge >= 0.3 is 0 Å². The van der Waals surface area contributed by atoms with E-state index in [4.69, 9.17) is 0 Å². The highest BCUT2D eigenvalue weighted by Gasteiger charge is 2.12. The molecule has 4 nitrogen and oxygen atoms in total. The molecule has 0 radical (unpaired) electrons. The average molecular weight is 304 g/mol. The maximum absolute atomic E-state index is 13.6. The van der Waals surface area contributed by atoms with Crippen LogP contribution in [0.15, 0.2) is 53.7 Å². The molecule has 0 aliphatic carbocycles. The zero-order valence-corrected chi connectivity index (χ0v) is 11.6. The fourth-order valence-electron chi connectivity index (χ4n) is 1.80. The fraction of sp³-hybridized carbons (Fsp3) is 0.0714. The summed E-state index contributed by atoms with van der Waals surface area (Å²) in [6.45, 7) is 0. The Kier molecular flexibility index (Phi) is 3.92. The smallest absolute Gasteiger partial charge is 0.204 e. The highest BCUT2D eigenvalue weighted by molar-refractivity contribution is 7.98. The van der Waals surface area contributed by atoms with E-state index < -0.39 is 11.6 Å². The van der Waals surface area contributed by atoms with Crippen molar-refractivity contribution in [3.63, 3.8) is 0 Å². The molecule has 21 heavy (non-hydrogen) atoms. The molecule has 0 bridgehead atoms. The normalized spacial score (nSPS) is 10.8. The van der Waals surface area contributed by atoms with Crippen LogP contribution in [0.2, 0.25) is 0 Å². The van der Waals surface area contributed by atoms with E-state index in [0.717, 1.165) is 11.8 Å². The topological polar surface area (TPSA) is 43.6 Å². The van der Waals surface area contributed by atoms with Crippen molar-refractivity contribution in [1.82, 2.24) is 20.2 Å². The van der Waals surface area contributed by atoms with Crippen molar-refractivity contribution < 1.29 is 8.78 Å². The molecule has 0 aliphatic rings. The standard InChI is InChI=1S/C14H10F2N4S/c15-12-8-4-5-10(13(12)16)9-21-14-17-18-19-20(14)11-6-2-1-3-7-11/h1-8H,9H2. The molecule has 0 atom stereocenters. The van der Waals surface area contributed by atoms with Crippen molar-refractivity contribution in [2.45, 2.75) is 10.9 Å². The first-order valence-corrected chi connectivity index (χ1v) is 7.14. The quantitative estimate of drug-likeness (QED) is 0.694. The first-order valence-electron chi connectivity index (χ1n) is 6.15. The molecule has 1 heterocycles. The zero-order valence-electron chi connectivity index (χ0n) is 10.8. The van der Waals surface area contributed by atoms with Crippen LogP contribution in [-0.4, -0.2) is 20.2 Å². The van der Waals surface area contributed by atoms with Crippen molar-refractivity contribution in [3.8, 4) is 5.69 Å². The van der Waals surface area contributed by atoms with E-state index in [0.29, 0.717) is 5.16 Å². The average Bonchev–Trinajstić information content (AvgIpc) is 2.98. The summed E-state index contributed by atoms with van der Waals surface area (Å²) in [5, 5.41) is 12.0. The number of halogens is 2. The molecule has 2 aromatic carbocycles. The van der Waals surface area contributed by atoms with Gasteiger partial charge in [-0.2, -0.15) is 4.68 Å². The number of hydrogen-bond donors (Lipinski definition) is 0. The van der Waals surface area contributed by atoms with Crippen LogP contribution in [0.3, 0.4) is 0 Å². The molecule has 0 saturated carbocycles. The molecule has 0 N–H and O–H groups in total. The number of nitrogens with zero attached hydrogens (tertiary/aromatic N) is 4. The number of hydrogen-bond acceptors (Lipinski definition) is 4. The molecule has 0 saturated heterocycles. The van der Waals surface area contributed by atoms with E-state index >= 15 is 0 Å². The minimum atomic E-state index is -0.851. The second-order valence-electron chi connectivity index (χ2n) is 4.21. The minimum absolute atomic E-state index is 0.247. The number of rotatable bonds is 4. The van der Waals surface area contributed by atoms with Crippen LogP contribution in [0.4, 0.5) is 8.78 Å². The van der Waals surface area contributed by atoms with Gasteiger partial charge < -0.3 is 0 Å². The van der Waals surface area contributed by atoms with Crippen LogP contribution in [0.1, 0.15) is 5.56 Å². The summed E-state index contributed by atoms with van der Waals surface area (Å²) in [5.74, 6) is -1.43. The third kappa shape index (κ3) is 2.92. The first-order chi connectivity index (χ1) is 10.3. The second kappa shape index (κ2) is 6.01. The lowest BCUT2D eigenvalue weighted by molar-refractivity contribution is 0.502. The van der Waals surface area contributed by atoms with Gasteiger partial charge in [-0.05, 0) is 28.6 Å². The molecule has 7 heteroatoms. The minimum Gasteiger partial charge on any atom is -0.204 e. The van der Waals surface area contributed by atoms with Crippen LogP contribution < -0.4 is 0 Å². The SMILES string of the molecule is Fc1cccc(CSc2nnnn2-c2ccccc2)c1F. The van der Waals surface area contributed by atoms with Gasteiger partial charge in [0.15, 0.2) is 11.6 Å². The summed E-state index contributed by atoms with van der Waals surface area (Å²) >= 11 is 1.24. The summed E-state index contributed by atoms with van der Waals surface area (Å²) in [6, 6.07) is 13.5. The van der Waals surface area contributed by atoms with Crippen molar-refractivity contribution in [2.24, 2.45) is 0 Å². The van der Waals surface area contributed by atoms with Crippen LogP contribution in [0.5, 0.6) is 0 Å². The molecule has 0 amide bonds. The van der Waals surface area contributed by atoms with Gasteiger partial charge in [0.2, 0.25) is 5.16 Å². The van der Waals surface area contributed by atoms with Gasteiger partial charge in [-0.3, -0.25) is 0 Å². The Balaban J connectivity index is 1.81. The van der Waals surface area contributed by atoms with E-state index in [-0.39, 0.29) is 11.3 Å². The Morgan fingerprint density at radius 2 is 1.81 bits per heavy atom. The Bertz CT molecular complexity index is 746. The maximum Gasteiger partial charge on any atom is 0.214 e. The summed E-state index contributed by atoms with van der Waals surface area (Å²) in [7, 11) is 0. The maximum atomic E-state index is 13.6. The predicted octanol–water partition coefficient (Wildman–Crippen LogP) is 3.23. The van der Waals surface area contributed by atoms with E-state index in [1.54, 1.807) is 10.7 Å². The van der Waals surface area contributed by atoms with Gasteiger partial charge in [0.1, 0.15) is 0 Å². The number of thioether (sulfide) groups is 1. The molecule has 0 aliphatic heterocycles. The fourth-order valence-corrected chi connectivity index (χ4v) is 2.67. The third-order valence-electron chi connectivity index (χ3n) is 2.83. The lowest BCUT2D eigenvalue weighted by atomic mass is 10.2. The monoisotopic (exact) mass is 304 g/mol. The van der Waals surface area contributed by atoms with Crippen molar-refractivity contribution >= 4 is 11.8 Å². The molecule has 3 rings (SSSR count). The number of aromatic nitrogens is 4. The summed E-state index contributed by atoms with van der Waals surface area (Å²) in [4.78, 5) is 0. The molecule has 0 unspecified atom stereocenters. The van der Waals surface area contributed by atoms with Crippen LogP contribution in [0.25, 0.3) is 5.69 Å². The van der Waals surface area contributed by atoms with Crippen molar-refractivity contribution in [2.75, 3.05) is 0 Å². The molecule has 1 aromatic heterocycles. The number of tetrazole rings is 1. The van der Waals surface area contributed by atoms with E-state index in [9.17, 15) is 8.78 Å². The molecule has 106 valence electrons. The molecule has 3 aromatic rings. The van der Waals surface area contributed by atoms with Crippen LogP contribution in [0, 0.1) is 11.6 Å². The Labute approximate surface area is 123 Å². The van der Waals surface area contributed by atoms with Gasteiger partial charge in [0.25, 0.3) is 0 Å². The van der Waals surface area contributed by atoms with E-state index in [2.05, 4.69) is 15.5 Å². The molecule has 0 spiro atoms. The van der Waals surface area contributed by atoms with Gasteiger partial charge in [0.05, 0.1) is 5.69 Å². The lowest BCUT2D eigenvalue weighted by Gasteiger charge is -2.05. The molecular formula is C14H10F2N4S. The summed E-state index contributed by atoms with van der Waals surface area (Å²) in [5.41, 5.74) is 1.09. The first kappa shape index (κ1) is 13.7. The molecular weight excluding hydrogens is 294 g/mol. The van der Waals surface area contributed by atoms with E-state index in [1.807, 2.05) is 30.3 Å². The predicted molar refractivity (Wildman–Crippen MR) is 75.1 cm³/mol. The Morgan fingerprint density at radius 3 is 2.62 bits per heavy atom. The largest absolute Gasteiger partial charge is 0.214 e. The molecule has 0 fully saturated rings. The summed E-state index contributed by atoms with van der Waals surface area (Å²) in [6.07, 6.45) is 0. The highest BCUT2D eigenvalue weighted by Crippen LogP contribution is 2.24. The lowest BCUT2D eigenvalue weighted by Crippen LogP contribution is -1.99. The summed E-state index contributed by atoms with van der Waals surface area (Å²) < 4.78 is 28.3.